The van der Waals surface area contributed by atoms with Gasteiger partial charge in [0.15, 0.2) is 5.78 Å². The van der Waals surface area contributed by atoms with E-state index in [1.807, 2.05) is 6.92 Å². The molecule has 0 radical (unpaired) electrons. The van der Waals surface area contributed by atoms with Gasteiger partial charge in [-0.1, -0.05) is 18.2 Å². The molecular formula is C19H22O5. The number of carbonyl (C=O) groups is 2. The van der Waals surface area contributed by atoms with Gasteiger partial charge in [-0.2, -0.15) is 0 Å². The van der Waals surface area contributed by atoms with Gasteiger partial charge >= 0.3 is 5.97 Å². The summed E-state index contributed by atoms with van der Waals surface area (Å²) in [4.78, 5) is 22.6. The van der Waals surface area contributed by atoms with Crippen LogP contribution in [0.25, 0.3) is 0 Å². The van der Waals surface area contributed by atoms with Crippen LogP contribution in [0.1, 0.15) is 43.7 Å². The normalized spacial score (nSPS) is 20.6. The van der Waals surface area contributed by atoms with Crippen molar-refractivity contribution in [2.75, 3.05) is 0 Å². The lowest BCUT2D eigenvalue weighted by Gasteiger charge is -2.30. The molecule has 0 amide bonds. The molecule has 1 aromatic rings. The van der Waals surface area contributed by atoms with E-state index in [2.05, 4.69) is 6.58 Å². The van der Waals surface area contributed by atoms with E-state index in [4.69, 9.17) is 5.11 Å². The summed E-state index contributed by atoms with van der Waals surface area (Å²) in [5.41, 5.74) is 2.32. The third-order valence-electron chi connectivity index (χ3n) is 4.50. The van der Waals surface area contributed by atoms with Gasteiger partial charge in [0.2, 0.25) is 0 Å². The molecule has 0 unspecified atom stereocenters. The Balaban J connectivity index is 2.44. The molecular weight excluding hydrogens is 308 g/mol. The highest BCUT2D eigenvalue weighted by atomic mass is 16.4. The Labute approximate surface area is 140 Å². The molecule has 1 aliphatic carbocycles. The number of phenolic OH excluding ortho intramolecular Hbond substituents is 2. The van der Waals surface area contributed by atoms with E-state index in [9.17, 15) is 19.8 Å². The van der Waals surface area contributed by atoms with E-state index >= 15 is 0 Å². The number of phenols is 2. The molecule has 1 aliphatic rings. The number of benzene rings is 1. The molecule has 1 aromatic carbocycles. The predicted molar refractivity (Wildman–Crippen MR) is 90.2 cm³/mol. The van der Waals surface area contributed by atoms with Crippen molar-refractivity contribution in [2.24, 2.45) is 5.92 Å². The van der Waals surface area contributed by atoms with Crippen LogP contribution in [0.2, 0.25) is 0 Å². The Bertz CT molecular complexity index is 706. The molecule has 24 heavy (non-hydrogen) atoms. The van der Waals surface area contributed by atoms with Crippen molar-refractivity contribution >= 4 is 11.8 Å². The maximum atomic E-state index is 12.0. The molecule has 128 valence electrons. The second kappa shape index (κ2) is 6.91. The Morgan fingerprint density at radius 2 is 1.88 bits per heavy atom. The minimum atomic E-state index is -0.940. The maximum Gasteiger partial charge on any atom is 0.303 e. The van der Waals surface area contributed by atoms with E-state index < -0.39 is 5.97 Å². The van der Waals surface area contributed by atoms with Crippen LogP contribution in [0.3, 0.4) is 0 Å². The fourth-order valence-corrected chi connectivity index (χ4v) is 3.15. The average Bonchev–Trinajstić information content (AvgIpc) is 2.47. The summed E-state index contributed by atoms with van der Waals surface area (Å²) in [6.45, 7) is 7.48. The molecule has 0 spiro atoms. The fourth-order valence-electron chi connectivity index (χ4n) is 3.15. The number of aliphatic carboxylic acids is 1. The van der Waals surface area contributed by atoms with Crippen molar-refractivity contribution < 1.29 is 24.9 Å². The average molecular weight is 330 g/mol. The van der Waals surface area contributed by atoms with Crippen molar-refractivity contribution in [1.29, 1.82) is 0 Å². The minimum absolute atomic E-state index is 0.0382. The fraction of sp³-hybridized carbons (Fsp3) is 0.368. The Morgan fingerprint density at radius 3 is 2.38 bits per heavy atom. The zero-order chi connectivity index (χ0) is 18.0. The molecule has 2 atom stereocenters. The van der Waals surface area contributed by atoms with Gasteiger partial charge in [-0.05, 0) is 49.5 Å². The Hall–Kier alpha value is -2.56. The molecule has 3 N–H and O–H groups in total. The van der Waals surface area contributed by atoms with Crippen molar-refractivity contribution in [3.63, 3.8) is 0 Å². The van der Waals surface area contributed by atoms with Crippen LogP contribution < -0.4 is 0 Å². The van der Waals surface area contributed by atoms with Crippen molar-refractivity contribution in [1.82, 2.24) is 0 Å². The summed E-state index contributed by atoms with van der Waals surface area (Å²) in [5.74, 6) is -1.62. The zero-order valence-electron chi connectivity index (χ0n) is 13.9. The standard InChI is InChI=1S/C19H22O5/c1-10(2)13-9-15(20)11(3)6-14(13)19-16(21)7-12(8-17(19)22)4-5-18(23)24/h6-8,13-14,21-22H,1,4-5,9H2,2-3H3,(H,23,24)/t13-,14-/m0/s1. The van der Waals surface area contributed by atoms with Crippen LogP contribution in [0.4, 0.5) is 0 Å². The molecule has 0 heterocycles. The Morgan fingerprint density at radius 1 is 1.29 bits per heavy atom. The second-order valence-corrected chi connectivity index (χ2v) is 6.40. The first-order valence-corrected chi connectivity index (χ1v) is 7.84. The zero-order valence-corrected chi connectivity index (χ0v) is 13.9. The number of hydrogen-bond acceptors (Lipinski definition) is 4. The lowest BCUT2D eigenvalue weighted by Crippen LogP contribution is -2.23. The lowest BCUT2D eigenvalue weighted by atomic mass is 9.73. The third-order valence-corrected chi connectivity index (χ3v) is 4.50. The van der Waals surface area contributed by atoms with Crippen LogP contribution in [-0.4, -0.2) is 27.1 Å². The molecule has 0 aliphatic heterocycles. The van der Waals surface area contributed by atoms with E-state index in [0.29, 0.717) is 23.1 Å². The summed E-state index contributed by atoms with van der Waals surface area (Å²) < 4.78 is 0. The molecule has 0 fully saturated rings. The molecule has 0 saturated carbocycles. The minimum Gasteiger partial charge on any atom is -0.507 e. The number of carbonyl (C=O) groups excluding carboxylic acids is 1. The number of carboxylic acids is 1. The topological polar surface area (TPSA) is 94.8 Å². The van der Waals surface area contributed by atoms with Gasteiger partial charge < -0.3 is 15.3 Å². The van der Waals surface area contributed by atoms with E-state index in [-0.39, 0.29) is 42.0 Å². The van der Waals surface area contributed by atoms with Crippen molar-refractivity contribution in [3.05, 3.63) is 47.1 Å². The first-order valence-electron chi connectivity index (χ1n) is 7.84. The Kier molecular flexibility index (Phi) is 5.12. The number of rotatable bonds is 5. The summed E-state index contributed by atoms with van der Waals surface area (Å²) in [7, 11) is 0. The van der Waals surface area contributed by atoms with Gasteiger partial charge in [-0.25, -0.2) is 0 Å². The van der Waals surface area contributed by atoms with Gasteiger partial charge in [-0.3, -0.25) is 9.59 Å². The van der Waals surface area contributed by atoms with Crippen molar-refractivity contribution in [2.45, 2.75) is 39.0 Å². The van der Waals surface area contributed by atoms with E-state index in [1.165, 1.54) is 12.1 Å². The number of aryl methyl sites for hydroxylation is 1. The van der Waals surface area contributed by atoms with Gasteiger partial charge in [0.1, 0.15) is 11.5 Å². The quantitative estimate of drug-likeness (QED) is 0.720. The highest BCUT2D eigenvalue weighted by molar-refractivity contribution is 5.96. The van der Waals surface area contributed by atoms with E-state index in [1.54, 1.807) is 13.0 Å². The molecule has 5 nitrogen and oxygen atoms in total. The number of allylic oxidation sites excluding steroid dienone is 3. The molecule has 2 rings (SSSR count). The SMILES string of the molecule is C=C(C)[C@@H]1CC(=O)C(C)=C[C@@H]1c1c(O)cc(CCC(=O)O)cc1O. The van der Waals surface area contributed by atoms with Crippen LogP contribution in [0.15, 0.2) is 35.9 Å². The highest BCUT2D eigenvalue weighted by Crippen LogP contribution is 2.45. The predicted octanol–water partition coefficient (Wildman–Crippen LogP) is 3.31. The van der Waals surface area contributed by atoms with Gasteiger partial charge in [0.25, 0.3) is 0 Å². The molecule has 5 heteroatoms. The highest BCUT2D eigenvalue weighted by Gasteiger charge is 2.33. The molecule has 0 aromatic heterocycles. The number of ketones is 1. The summed E-state index contributed by atoms with van der Waals surface area (Å²) in [5, 5.41) is 29.5. The van der Waals surface area contributed by atoms with E-state index in [0.717, 1.165) is 5.57 Å². The van der Waals surface area contributed by atoms with Gasteiger partial charge in [-0.15, -0.1) is 0 Å². The molecule has 0 bridgehead atoms. The number of Topliss-reactive ketones (excluding diaryl/α,β-unsaturated/α-hetero) is 1. The van der Waals surface area contributed by atoms with Crippen LogP contribution in [0.5, 0.6) is 11.5 Å². The molecule has 0 saturated heterocycles. The summed E-state index contributed by atoms with van der Waals surface area (Å²) in [6, 6.07) is 2.96. The van der Waals surface area contributed by atoms with Gasteiger partial charge in [0, 0.05) is 24.3 Å². The number of aromatic hydroxyl groups is 2. The summed E-state index contributed by atoms with van der Waals surface area (Å²) >= 11 is 0. The monoisotopic (exact) mass is 330 g/mol. The first-order chi connectivity index (χ1) is 11.2. The maximum absolute atomic E-state index is 12.0. The van der Waals surface area contributed by atoms with Crippen LogP contribution >= 0.6 is 0 Å². The van der Waals surface area contributed by atoms with Crippen LogP contribution in [-0.2, 0) is 16.0 Å². The third kappa shape index (κ3) is 3.67. The second-order valence-electron chi connectivity index (χ2n) is 6.40. The van der Waals surface area contributed by atoms with Crippen molar-refractivity contribution in [3.8, 4) is 11.5 Å². The largest absolute Gasteiger partial charge is 0.507 e. The lowest BCUT2D eigenvalue weighted by molar-refractivity contribution is -0.137. The first kappa shape index (κ1) is 17.8. The van der Waals surface area contributed by atoms with Crippen LogP contribution in [0, 0.1) is 5.92 Å². The summed E-state index contributed by atoms with van der Waals surface area (Å²) in [6.07, 6.45) is 2.20. The number of hydrogen-bond donors (Lipinski definition) is 3. The smallest absolute Gasteiger partial charge is 0.303 e. The number of carboxylic acid groups (broad SMARTS) is 1. The van der Waals surface area contributed by atoms with Gasteiger partial charge in [0.05, 0.1) is 0 Å².